The van der Waals surface area contributed by atoms with Crippen LogP contribution in [0.2, 0.25) is 0 Å². The summed E-state index contributed by atoms with van der Waals surface area (Å²) in [6.07, 6.45) is 2.98. The summed E-state index contributed by atoms with van der Waals surface area (Å²) in [6, 6.07) is -0.495. The third kappa shape index (κ3) is 3.48. The maximum Gasteiger partial charge on any atom is 0.308 e. The number of carbonyl (C=O) groups excluding carboxylic acids is 1. The molecule has 0 spiro atoms. The highest BCUT2D eigenvalue weighted by atomic mass is 16.4. The first-order chi connectivity index (χ1) is 7.52. The fraction of sp³-hybridized carbons (Fsp3) is 0.818. The molecule has 0 bridgehead atoms. The second-order valence-corrected chi connectivity index (χ2v) is 4.43. The summed E-state index contributed by atoms with van der Waals surface area (Å²) in [5.74, 6) is -1.53. The summed E-state index contributed by atoms with van der Waals surface area (Å²) in [5.41, 5.74) is 0. The molecule has 0 aromatic carbocycles. The lowest BCUT2D eigenvalue weighted by Gasteiger charge is -2.25. The number of piperidine rings is 1. The maximum atomic E-state index is 11.8. The quantitative estimate of drug-likeness (QED) is 0.649. The molecule has 0 aromatic rings. The van der Waals surface area contributed by atoms with Gasteiger partial charge in [0.1, 0.15) is 0 Å². The van der Waals surface area contributed by atoms with Crippen LogP contribution in [0.5, 0.6) is 0 Å². The number of rotatable bonds is 4. The topological polar surface area (TPSA) is 78.4 Å². The summed E-state index contributed by atoms with van der Waals surface area (Å²) in [5, 5.41) is 14.7. The van der Waals surface area contributed by atoms with Crippen LogP contribution in [-0.4, -0.2) is 35.6 Å². The van der Waals surface area contributed by atoms with E-state index in [1.807, 2.05) is 0 Å². The van der Waals surface area contributed by atoms with Gasteiger partial charge in [-0.3, -0.25) is 9.59 Å². The second-order valence-electron chi connectivity index (χ2n) is 4.43. The molecule has 1 aliphatic rings. The minimum Gasteiger partial charge on any atom is -0.481 e. The van der Waals surface area contributed by atoms with Crippen LogP contribution in [0.4, 0.5) is 0 Å². The van der Waals surface area contributed by atoms with E-state index >= 15 is 0 Å². The predicted molar refractivity (Wildman–Crippen MR) is 60.0 cm³/mol. The van der Waals surface area contributed by atoms with Gasteiger partial charge in [0.2, 0.25) is 5.91 Å². The SMILES string of the molecule is CC(NC(=O)C1CCCCN1)C(C)C(=O)O. The van der Waals surface area contributed by atoms with Crippen LogP contribution < -0.4 is 10.6 Å². The highest BCUT2D eigenvalue weighted by molar-refractivity contribution is 5.82. The van der Waals surface area contributed by atoms with Gasteiger partial charge in [0.05, 0.1) is 12.0 Å². The third-order valence-electron chi connectivity index (χ3n) is 3.14. The van der Waals surface area contributed by atoms with Crippen molar-refractivity contribution in [2.45, 2.75) is 45.2 Å². The van der Waals surface area contributed by atoms with Gasteiger partial charge in [-0.15, -0.1) is 0 Å². The monoisotopic (exact) mass is 228 g/mol. The Morgan fingerprint density at radius 2 is 2.06 bits per heavy atom. The molecule has 1 saturated heterocycles. The first-order valence-electron chi connectivity index (χ1n) is 5.79. The molecule has 0 radical (unpaired) electrons. The number of aliphatic carboxylic acids is 1. The van der Waals surface area contributed by atoms with Gasteiger partial charge in [0.25, 0.3) is 0 Å². The van der Waals surface area contributed by atoms with Gasteiger partial charge in [-0.2, -0.15) is 0 Å². The third-order valence-corrected chi connectivity index (χ3v) is 3.14. The fourth-order valence-electron chi connectivity index (χ4n) is 1.74. The molecule has 5 heteroatoms. The zero-order chi connectivity index (χ0) is 12.1. The van der Waals surface area contributed by atoms with E-state index < -0.39 is 11.9 Å². The summed E-state index contributed by atoms with van der Waals surface area (Å²) < 4.78 is 0. The van der Waals surface area contributed by atoms with E-state index in [1.165, 1.54) is 0 Å². The lowest BCUT2D eigenvalue weighted by molar-refractivity contribution is -0.142. The summed E-state index contributed by atoms with van der Waals surface area (Å²) in [4.78, 5) is 22.5. The Labute approximate surface area is 95.6 Å². The molecule has 1 amide bonds. The van der Waals surface area contributed by atoms with Gasteiger partial charge in [-0.25, -0.2) is 0 Å². The van der Waals surface area contributed by atoms with Crippen molar-refractivity contribution in [1.29, 1.82) is 0 Å². The summed E-state index contributed by atoms with van der Waals surface area (Å²) in [6.45, 7) is 4.18. The largest absolute Gasteiger partial charge is 0.481 e. The van der Waals surface area contributed by atoms with Crippen molar-refractivity contribution in [3.8, 4) is 0 Å². The second kappa shape index (κ2) is 5.84. The predicted octanol–water partition coefficient (Wildman–Crippen LogP) is 0.354. The number of hydrogen-bond acceptors (Lipinski definition) is 3. The smallest absolute Gasteiger partial charge is 0.308 e. The Morgan fingerprint density at radius 3 is 2.56 bits per heavy atom. The van der Waals surface area contributed by atoms with E-state index in [-0.39, 0.29) is 18.0 Å². The van der Waals surface area contributed by atoms with E-state index in [4.69, 9.17) is 5.11 Å². The van der Waals surface area contributed by atoms with Crippen molar-refractivity contribution in [1.82, 2.24) is 10.6 Å². The Hall–Kier alpha value is -1.10. The normalized spacial score (nSPS) is 24.5. The lowest BCUT2D eigenvalue weighted by Crippen LogP contribution is -2.51. The minimum absolute atomic E-state index is 0.0831. The average molecular weight is 228 g/mol. The summed E-state index contributed by atoms with van der Waals surface area (Å²) >= 11 is 0. The van der Waals surface area contributed by atoms with Crippen molar-refractivity contribution >= 4 is 11.9 Å². The number of nitrogens with one attached hydrogen (secondary N) is 2. The van der Waals surface area contributed by atoms with Gasteiger partial charge in [-0.1, -0.05) is 6.42 Å². The fourth-order valence-corrected chi connectivity index (χ4v) is 1.74. The van der Waals surface area contributed by atoms with Crippen molar-refractivity contribution in [2.75, 3.05) is 6.54 Å². The standard InChI is InChI=1S/C11H20N2O3/c1-7(11(15)16)8(2)13-10(14)9-5-3-4-6-12-9/h7-9,12H,3-6H2,1-2H3,(H,13,14)(H,15,16). The molecule has 16 heavy (non-hydrogen) atoms. The number of hydrogen-bond donors (Lipinski definition) is 3. The molecular formula is C11H20N2O3. The van der Waals surface area contributed by atoms with Crippen LogP contribution in [-0.2, 0) is 9.59 Å². The van der Waals surface area contributed by atoms with E-state index in [0.717, 1.165) is 25.8 Å². The van der Waals surface area contributed by atoms with Crippen molar-refractivity contribution in [2.24, 2.45) is 5.92 Å². The molecule has 5 nitrogen and oxygen atoms in total. The first kappa shape index (κ1) is 13.0. The number of amides is 1. The molecule has 1 heterocycles. The molecule has 0 aliphatic carbocycles. The zero-order valence-electron chi connectivity index (χ0n) is 9.82. The molecule has 3 atom stereocenters. The Morgan fingerprint density at radius 1 is 1.38 bits per heavy atom. The summed E-state index contributed by atoms with van der Waals surface area (Å²) in [7, 11) is 0. The van der Waals surface area contributed by atoms with E-state index in [2.05, 4.69) is 10.6 Å². The van der Waals surface area contributed by atoms with Gasteiger partial charge < -0.3 is 15.7 Å². The van der Waals surface area contributed by atoms with Crippen molar-refractivity contribution in [3.63, 3.8) is 0 Å². The highest BCUT2D eigenvalue weighted by Gasteiger charge is 2.25. The van der Waals surface area contributed by atoms with E-state index in [0.29, 0.717) is 0 Å². The molecule has 1 rings (SSSR count). The number of carboxylic acids is 1. The molecule has 0 aromatic heterocycles. The first-order valence-corrected chi connectivity index (χ1v) is 5.79. The minimum atomic E-state index is -0.885. The van der Waals surface area contributed by atoms with Crippen LogP contribution in [0.25, 0.3) is 0 Å². The maximum absolute atomic E-state index is 11.8. The van der Waals surface area contributed by atoms with Gasteiger partial charge in [-0.05, 0) is 33.2 Å². The molecule has 92 valence electrons. The average Bonchev–Trinajstić information content (AvgIpc) is 2.28. The van der Waals surface area contributed by atoms with E-state index in [1.54, 1.807) is 13.8 Å². The van der Waals surface area contributed by atoms with Crippen molar-refractivity contribution in [3.05, 3.63) is 0 Å². The molecule has 1 aliphatic heterocycles. The van der Waals surface area contributed by atoms with Crippen LogP contribution in [0.1, 0.15) is 33.1 Å². The van der Waals surface area contributed by atoms with Gasteiger partial charge in [0, 0.05) is 6.04 Å². The van der Waals surface area contributed by atoms with Gasteiger partial charge in [0.15, 0.2) is 0 Å². The Bertz CT molecular complexity index is 262. The van der Waals surface area contributed by atoms with Crippen LogP contribution in [0.3, 0.4) is 0 Å². The molecule has 1 fully saturated rings. The number of carbonyl (C=O) groups is 2. The number of carboxylic acid groups (broad SMARTS) is 1. The van der Waals surface area contributed by atoms with Crippen LogP contribution in [0, 0.1) is 5.92 Å². The van der Waals surface area contributed by atoms with Crippen LogP contribution >= 0.6 is 0 Å². The Balaban J connectivity index is 2.40. The molecular weight excluding hydrogens is 208 g/mol. The van der Waals surface area contributed by atoms with Gasteiger partial charge >= 0.3 is 5.97 Å². The zero-order valence-corrected chi connectivity index (χ0v) is 9.82. The molecule has 3 N–H and O–H groups in total. The van der Waals surface area contributed by atoms with Crippen LogP contribution in [0.15, 0.2) is 0 Å². The Kier molecular flexibility index (Phi) is 4.73. The molecule has 3 unspecified atom stereocenters. The molecule has 0 saturated carbocycles. The van der Waals surface area contributed by atoms with Crippen molar-refractivity contribution < 1.29 is 14.7 Å². The lowest BCUT2D eigenvalue weighted by atomic mass is 10.0. The highest BCUT2D eigenvalue weighted by Crippen LogP contribution is 2.08. The van der Waals surface area contributed by atoms with E-state index in [9.17, 15) is 9.59 Å².